The van der Waals surface area contributed by atoms with Crippen LogP contribution >= 0.6 is 24.8 Å². The molecule has 1 aliphatic heterocycles. The number of halogens is 2. The van der Waals surface area contributed by atoms with E-state index in [1.807, 2.05) is 0 Å². The number of nitrogens with zero attached hydrogens (tertiary/aromatic N) is 1. The van der Waals surface area contributed by atoms with Crippen molar-refractivity contribution < 1.29 is 9.53 Å². The number of morpholine rings is 1. The standard InChI is InChI=1S/C17H27N3O2.2ClH/c1-3-20(2)12-15-6-4-5-14(9-15)11-19-17(21)10-16-13-22-8-7-18-16;;/h4-6,9,16,18H,3,7-8,10-13H2,1-2H3,(H,19,21);2*1H. The minimum absolute atomic E-state index is 0. The van der Waals surface area contributed by atoms with Crippen molar-refractivity contribution in [2.45, 2.75) is 32.5 Å². The first-order valence-electron chi connectivity index (χ1n) is 8.01. The van der Waals surface area contributed by atoms with Crippen LogP contribution < -0.4 is 10.6 Å². The van der Waals surface area contributed by atoms with Crippen LogP contribution in [-0.2, 0) is 22.6 Å². The molecule has 2 N–H and O–H groups in total. The molecule has 1 atom stereocenters. The molecule has 1 saturated heterocycles. The molecule has 1 unspecified atom stereocenters. The van der Waals surface area contributed by atoms with Crippen LogP contribution in [0, 0.1) is 0 Å². The third-order valence-corrected chi connectivity index (χ3v) is 3.90. The van der Waals surface area contributed by atoms with Crippen molar-refractivity contribution in [3.63, 3.8) is 0 Å². The Morgan fingerprint density at radius 1 is 1.38 bits per heavy atom. The lowest BCUT2D eigenvalue weighted by Crippen LogP contribution is -2.44. The summed E-state index contributed by atoms with van der Waals surface area (Å²) in [4.78, 5) is 14.2. The first-order valence-corrected chi connectivity index (χ1v) is 8.01. The first-order chi connectivity index (χ1) is 10.7. The van der Waals surface area contributed by atoms with Gasteiger partial charge in [0, 0.05) is 32.1 Å². The van der Waals surface area contributed by atoms with E-state index in [4.69, 9.17) is 4.74 Å². The van der Waals surface area contributed by atoms with Crippen molar-refractivity contribution in [3.05, 3.63) is 35.4 Å². The van der Waals surface area contributed by atoms with Gasteiger partial charge in [-0.25, -0.2) is 0 Å². The molecule has 0 aromatic heterocycles. The number of amides is 1. The third kappa shape index (κ3) is 8.31. The Morgan fingerprint density at radius 2 is 2.12 bits per heavy atom. The summed E-state index contributed by atoms with van der Waals surface area (Å²) in [6.45, 7) is 6.86. The highest BCUT2D eigenvalue weighted by Crippen LogP contribution is 2.08. The summed E-state index contributed by atoms with van der Waals surface area (Å²) in [5.41, 5.74) is 2.42. The van der Waals surface area contributed by atoms with Gasteiger partial charge < -0.3 is 20.3 Å². The van der Waals surface area contributed by atoms with E-state index in [1.54, 1.807) is 0 Å². The number of hydrogen-bond acceptors (Lipinski definition) is 4. The number of carbonyl (C=O) groups excluding carboxylic acids is 1. The van der Waals surface area contributed by atoms with Crippen LogP contribution in [0.25, 0.3) is 0 Å². The normalized spacial score (nSPS) is 16.9. The van der Waals surface area contributed by atoms with Crippen molar-refractivity contribution in [1.82, 2.24) is 15.5 Å². The molecule has 2 rings (SSSR count). The smallest absolute Gasteiger partial charge is 0.221 e. The largest absolute Gasteiger partial charge is 0.378 e. The maximum Gasteiger partial charge on any atom is 0.221 e. The molecule has 1 amide bonds. The molecule has 5 nitrogen and oxygen atoms in total. The third-order valence-electron chi connectivity index (χ3n) is 3.90. The number of carbonyl (C=O) groups is 1. The fraction of sp³-hybridized carbons (Fsp3) is 0.588. The van der Waals surface area contributed by atoms with Crippen molar-refractivity contribution in [2.75, 3.05) is 33.4 Å². The molecule has 24 heavy (non-hydrogen) atoms. The Labute approximate surface area is 157 Å². The minimum atomic E-state index is 0. The molecule has 0 aliphatic carbocycles. The second-order valence-corrected chi connectivity index (χ2v) is 5.86. The van der Waals surface area contributed by atoms with E-state index in [-0.39, 0.29) is 36.8 Å². The lowest BCUT2D eigenvalue weighted by Gasteiger charge is -2.23. The van der Waals surface area contributed by atoms with E-state index in [0.29, 0.717) is 19.6 Å². The van der Waals surface area contributed by atoms with Crippen LogP contribution in [0.3, 0.4) is 0 Å². The summed E-state index contributed by atoms with van der Waals surface area (Å²) in [6, 6.07) is 8.53. The summed E-state index contributed by atoms with van der Waals surface area (Å²) in [7, 11) is 2.10. The topological polar surface area (TPSA) is 53.6 Å². The second-order valence-electron chi connectivity index (χ2n) is 5.86. The van der Waals surface area contributed by atoms with Gasteiger partial charge in [-0.05, 0) is 24.7 Å². The van der Waals surface area contributed by atoms with E-state index in [1.165, 1.54) is 5.56 Å². The van der Waals surface area contributed by atoms with Gasteiger partial charge in [-0.15, -0.1) is 24.8 Å². The highest BCUT2D eigenvalue weighted by Gasteiger charge is 2.16. The van der Waals surface area contributed by atoms with E-state index >= 15 is 0 Å². The van der Waals surface area contributed by atoms with Crippen LogP contribution in [0.15, 0.2) is 24.3 Å². The average molecular weight is 378 g/mol. The minimum Gasteiger partial charge on any atom is -0.378 e. The van der Waals surface area contributed by atoms with Crippen LogP contribution in [-0.4, -0.2) is 50.2 Å². The van der Waals surface area contributed by atoms with Gasteiger partial charge in [0.1, 0.15) is 0 Å². The van der Waals surface area contributed by atoms with E-state index in [2.05, 4.69) is 53.8 Å². The molecule has 0 radical (unpaired) electrons. The molecule has 1 heterocycles. The van der Waals surface area contributed by atoms with Crippen molar-refractivity contribution >= 4 is 30.7 Å². The van der Waals surface area contributed by atoms with Crippen LogP contribution in [0.4, 0.5) is 0 Å². The summed E-state index contributed by atoms with van der Waals surface area (Å²) in [5.74, 6) is 0.0686. The van der Waals surface area contributed by atoms with Gasteiger partial charge in [-0.1, -0.05) is 31.2 Å². The summed E-state index contributed by atoms with van der Waals surface area (Å²) < 4.78 is 5.36. The van der Waals surface area contributed by atoms with Crippen molar-refractivity contribution in [2.24, 2.45) is 0 Å². The number of hydrogen-bond donors (Lipinski definition) is 2. The maximum atomic E-state index is 12.0. The predicted molar refractivity (Wildman–Crippen MR) is 102 cm³/mol. The summed E-state index contributed by atoms with van der Waals surface area (Å²) >= 11 is 0. The molecular weight excluding hydrogens is 349 g/mol. The van der Waals surface area contributed by atoms with Gasteiger partial charge in [0.15, 0.2) is 0 Å². The second kappa shape index (κ2) is 12.5. The number of rotatable bonds is 7. The highest BCUT2D eigenvalue weighted by atomic mass is 35.5. The molecule has 1 aliphatic rings. The monoisotopic (exact) mass is 377 g/mol. The van der Waals surface area contributed by atoms with E-state index < -0.39 is 0 Å². The van der Waals surface area contributed by atoms with E-state index in [0.717, 1.165) is 31.8 Å². The quantitative estimate of drug-likeness (QED) is 0.762. The number of nitrogens with one attached hydrogen (secondary N) is 2. The molecule has 138 valence electrons. The van der Waals surface area contributed by atoms with E-state index in [9.17, 15) is 4.79 Å². The molecule has 1 aromatic carbocycles. The molecular formula is C17H29Cl2N3O2. The number of ether oxygens (including phenoxy) is 1. The predicted octanol–water partition coefficient (Wildman–Crippen LogP) is 1.98. The highest BCUT2D eigenvalue weighted by molar-refractivity contribution is 5.85. The van der Waals surface area contributed by atoms with Crippen molar-refractivity contribution in [1.29, 1.82) is 0 Å². The Morgan fingerprint density at radius 3 is 2.79 bits per heavy atom. The zero-order valence-electron chi connectivity index (χ0n) is 14.4. The first kappa shape index (κ1) is 23.1. The number of benzene rings is 1. The molecule has 0 spiro atoms. The Balaban J connectivity index is 0.00000264. The van der Waals surface area contributed by atoms with Gasteiger partial charge in [-0.3, -0.25) is 4.79 Å². The fourth-order valence-corrected chi connectivity index (χ4v) is 2.51. The lowest BCUT2D eigenvalue weighted by atomic mass is 10.1. The zero-order chi connectivity index (χ0) is 15.8. The van der Waals surface area contributed by atoms with Gasteiger partial charge in [-0.2, -0.15) is 0 Å². The van der Waals surface area contributed by atoms with Gasteiger partial charge in [0.2, 0.25) is 5.91 Å². The van der Waals surface area contributed by atoms with Crippen LogP contribution in [0.2, 0.25) is 0 Å². The Bertz CT molecular complexity index is 483. The van der Waals surface area contributed by atoms with Gasteiger partial charge in [0.25, 0.3) is 0 Å². The average Bonchev–Trinajstić information content (AvgIpc) is 2.54. The molecule has 0 bridgehead atoms. The summed E-state index contributed by atoms with van der Waals surface area (Å²) in [6.07, 6.45) is 0.470. The fourth-order valence-electron chi connectivity index (χ4n) is 2.51. The summed E-state index contributed by atoms with van der Waals surface area (Å²) in [5, 5.41) is 6.29. The lowest BCUT2D eigenvalue weighted by molar-refractivity contribution is -0.122. The van der Waals surface area contributed by atoms with Gasteiger partial charge >= 0.3 is 0 Å². The van der Waals surface area contributed by atoms with Crippen LogP contribution in [0.1, 0.15) is 24.5 Å². The molecule has 0 saturated carbocycles. The molecule has 7 heteroatoms. The SMILES string of the molecule is CCN(C)Cc1cccc(CNC(=O)CC2COCCN2)c1.Cl.Cl. The van der Waals surface area contributed by atoms with Crippen LogP contribution in [0.5, 0.6) is 0 Å². The molecule has 1 aromatic rings. The Hall–Kier alpha value is -0.850. The maximum absolute atomic E-state index is 12.0. The van der Waals surface area contributed by atoms with Gasteiger partial charge in [0.05, 0.1) is 13.2 Å². The van der Waals surface area contributed by atoms with Crippen molar-refractivity contribution in [3.8, 4) is 0 Å². The molecule has 1 fully saturated rings. The zero-order valence-corrected chi connectivity index (χ0v) is 16.0. The Kier molecular flexibility index (Phi) is 12.1.